The summed E-state index contributed by atoms with van der Waals surface area (Å²) in [6.45, 7) is 3.23. The molecule has 2 heterocycles. The summed E-state index contributed by atoms with van der Waals surface area (Å²) in [5.41, 5.74) is 0.0733. The molecule has 1 atom stereocenters. The van der Waals surface area contributed by atoms with Crippen molar-refractivity contribution in [1.29, 1.82) is 0 Å². The lowest BCUT2D eigenvalue weighted by atomic mass is 9.94. The van der Waals surface area contributed by atoms with Gasteiger partial charge < -0.3 is 10.1 Å². The van der Waals surface area contributed by atoms with Gasteiger partial charge in [-0.1, -0.05) is 23.2 Å². The van der Waals surface area contributed by atoms with Crippen LogP contribution < -0.4 is 5.32 Å². The fourth-order valence-electron chi connectivity index (χ4n) is 1.97. The van der Waals surface area contributed by atoms with E-state index in [1.165, 1.54) is 12.1 Å². The maximum Gasteiger partial charge on any atom is 0.252 e. The summed E-state index contributed by atoms with van der Waals surface area (Å²) >= 11 is 11.5. The Kier molecular flexibility index (Phi) is 4.10. The van der Waals surface area contributed by atoms with E-state index in [9.17, 15) is 4.79 Å². The smallest absolute Gasteiger partial charge is 0.252 e. The number of nitrogens with one attached hydrogen (secondary N) is 1. The molecule has 0 aliphatic carbocycles. The quantitative estimate of drug-likeness (QED) is 0.852. The van der Waals surface area contributed by atoms with Crippen LogP contribution in [0.5, 0.6) is 0 Å². The number of amides is 1. The number of hydrogen-bond acceptors (Lipinski definition) is 3. The van der Waals surface area contributed by atoms with Crippen LogP contribution in [0.25, 0.3) is 0 Å². The standard InChI is InChI=1S/C12H14Cl2N2O2/c1-12(3-2-4-18-7-12)16-11(17)8-5-9(13)15-10(14)6-8/h5-6H,2-4,7H2,1H3,(H,16,17). The predicted molar refractivity (Wildman–Crippen MR) is 70.2 cm³/mol. The van der Waals surface area contributed by atoms with Crippen molar-refractivity contribution >= 4 is 29.1 Å². The van der Waals surface area contributed by atoms with Gasteiger partial charge in [-0.05, 0) is 31.9 Å². The van der Waals surface area contributed by atoms with Crippen LogP contribution in [0.1, 0.15) is 30.1 Å². The molecule has 98 valence electrons. The highest BCUT2D eigenvalue weighted by Crippen LogP contribution is 2.20. The maximum atomic E-state index is 12.1. The third kappa shape index (κ3) is 3.34. The molecule has 0 spiro atoms. The Balaban J connectivity index is 2.11. The van der Waals surface area contributed by atoms with Gasteiger partial charge in [0, 0.05) is 12.2 Å². The van der Waals surface area contributed by atoms with E-state index in [2.05, 4.69) is 10.3 Å². The van der Waals surface area contributed by atoms with E-state index < -0.39 is 0 Å². The average Bonchev–Trinajstić information content (AvgIpc) is 2.28. The minimum atomic E-state index is -0.336. The number of aromatic nitrogens is 1. The van der Waals surface area contributed by atoms with Crippen LogP contribution in [0.2, 0.25) is 10.3 Å². The van der Waals surface area contributed by atoms with E-state index in [0.29, 0.717) is 12.2 Å². The van der Waals surface area contributed by atoms with Crippen LogP contribution in [0, 0.1) is 0 Å². The van der Waals surface area contributed by atoms with Crippen molar-refractivity contribution in [2.24, 2.45) is 0 Å². The second-order valence-electron chi connectivity index (χ2n) is 4.67. The number of carbonyl (C=O) groups excluding carboxylic acids is 1. The molecular formula is C12H14Cl2N2O2. The van der Waals surface area contributed by atoms with Crippen LogP contribution in [-0.2, 0) is 4.74 Å². The number of rotatable bonds is 2. The highest BCUT2D eigenvalue weighted by Gasteiger charge is 2.29. The van der Waals surface area contributed by atoms with Gasteiger partial charge >= 0.3 is 0 Å². The Morgan fingerprint density at radius 1 is 1.44 bits per heavy atom. The molecule has 1 aromatic heterocycles. The van der Waals surface area contributed by atoms with Crippen molar-refractivity contribution in [3.8, 4) is 0 Å². The van der Waals surface area contributed by atoms with Crippen LogP contribution in [0.4, 0.5) is 0 Å². The van der Waals surface area contributed by atoms with Crippen LogP contribution >= 0.6 is 23.2 Å². The van der Waals surface area contributed by atoms with Crippen molar-refractivity contribution in [3.05, 3.63) is 28.0 Å². The third-order valence-corrected chi connectivity index (χ3v) is 3.27. The van der Waals surface area contributed by atoms with Gasteiger partial charge in [-0.2, -0.15) is 0 Å². The first-order valence-corrected chi connectivity index (χ1v) is 6.47. The van der Waals surface area contributed by atoms with Crippen LogP contribution in [-0.4, -0.2) is 29.6 Å². The summed E-state index contributed by atoms with van der Waals surface area (Å²) < 4.78 is 5.39. The lowest BCUT2D eigenvalue weighted by molar-refractivity contribution is 0.0272. The summed E-state index contributed by atoms with van der Waals surface area (Å²) in [6, 6.07) is 2.99. The van der Waals surface area contributed by atoms with Crippen molar-refractivity contribution in [3.63, 3.8) is 0 Å². The SMILES string of the molecule is CC1(NC(=O)c2cc(Cl)nc(Cl)c2)CCCOC1. The molecular weight excluding hydrogens is 275 g/mol. The lowest BCUT2D eigenvalue weighted by Gasteiger charge is -2.34. The molecule has 18 heavy (non-hydrogen) atoms. The summed E-state index contributed by atoms with van der Waals surface area (Å²) in [6.07, 6.45) is 1.83. The summed E-state index contributed by atoms with van der Waals surface area (Å²) in [5, 5.41) is 3.37. The number of pyridine rings is 1. The van der Waals surface area contributed by atoms with E-state index in [4.69, 9.17) is 27.9 Å². The van der Waals surface area contributed by atoms with E-state index >= 15 is 0 Å². The highest BCUT2D eigenvalue weighted by molar-refractivity contribution is 6.33. The zero-order chi connectivity index (χ0) is 13.2. The second-order valence-corrected chi connectivity index (χ2v) is 5.45. The molecule has 1 amide bonds. The molecule has 2 rings (SSSR count). The summed E-state index contributed by atoms with van der Waals surface area (Å²) in [5.74, 6) is -0.214. The summed E-state index contributed by atoms with van der Waals surface area (Å²) in [4.78, 5) is 15.9. The zero-order valence-corrected chi connectivity index (χ0v) is 11.5. The van der Waals surface area contributed by atoms with Gasteiger partial charge in [0.1, 0.15) is 10.3 Å². The third-order valence-electron chi connectivity index (χ3n) is 2.88. The molecule has 1 fully saturated rings. The Morgan fingerprint density at radius 3 is 2.67 bits per heavy atom. The molecule has 1 N–H and O–H groups in total. The van der Waals surface area contributed by atoms with Crippen molar-refractivity contribution in [2.45, 2.75) is 25.3 Å². The largest absolute Gasteiger partial charge is 0.379 e. The van der Waals surface area contributed by atoms with Gasteiger partial charge in [-0.25, -0.2) is 4.98 Å². The van der Waals surface area contributed by atoms with Crippen LogP contribution in [0.3, 0.4) is 0 Å². The first-order chi connectivity index (χ1) is 8.48. The second kappa shape index (κ2) is 5.43. The monoisotopic (exact) mass is 288 g/mol. The van der Waals surface area contributed by atoms with E-state index in [-0.39, 0.29) is 21.8 Å². The lowest BCUT2D eigenvalue weighted by Crippen LogP contribution is -2.51. The van der Waals surface area contributed by atoms with E-state index in [1.807, 2.05) is 6.92 Å². The van der Waals surface area contributed by atoms with Gasteiger partial charge in [-0.15, -0.1) is 0 Å². The first-order valence-electron chi connectivity index (χ1n) is 5.72. The average molecular weight is 289 g/mol. The zero-order valence-electron chi connectivity index (χ0n) is 10.0. The number of hydrogen-bond donors (Lipinski definition) is 1. The highest BCUT2D eigenvalue weighted by atomic mass is 35.5. The Hall–Kier alpha value is -0.840. The van der Waals surface area contributed by atoms with Gasteiger partial charge in [0.15, 0.2) is 0 Å². The van der Waals surface area contributed by atoms with Gasteiger partial charge in [0.2, 0.25) is 0 Å². The normalized spacial score (nSPS) is 23.7. The Morgan fingerprint density at radius 2 is 2.11 bits per heavy atom. The number of halogens is 2. The molecule has 0 aromatic carbocycles. The minimum absolute atomic E-state index is 0.206. The minimum Gasteiger partial charge on any atom is -0.379 e. The van der Waals surface area contributed by atoms with E-state index in [1.54, 1.807) is 0 Å². The molecule has 1 saturated heterocycles. The Bertz CT molecular complexity index is 439. The summed E-state index contributed by atoms with van der Waals surface area (Å²) in [7, 11) is 0. The van der Waals surface area contributed by atoms with Crippen molar-refractivity contribution in [2.75, 3.05) is 13.2 Å². The molecule has 1 unspecified atom stereocenters. The Labute approximate surface area is 116 Å². The molecule has 1 aromatic rings. The fourth-order valence-corrected chi connectivity index (χ4v) is 2.44. The van der Waals surface area contributed by atoms with Gasteiger partial charge in [0.05, 0.1) is 12.1 Å². The molecule has 1 aliphatic rings. The molecule has 6 heteroatoms. The fraction of sp³-hybridized carbons (Fsp3) is 0.500. The molecule has 1 aliphatic heterocycles. The molecule has 0 bridgehead atoms. The van der Waals surface area contributed by atoms with Gasteiger partial charge in [0.25, 0.3) is 5.91 Å². The number of nitrogens with zero attached hydrogens (tertiary/aromatic N) is 1. The van der Waals surface area contributed by atoms with Crippen LogP contribution in [0.15, 0.2) is 12.1 Å². The van der Waals surface area contributed by atoms with Crippen molar-refractivity contribution < 1.29 is 9.53 Å². The predicted octanol–water partition coefficient (Wildman–Crippen LogP) is 2.69. The first kappa shape index (κ1) is 13.6. The molecule has 0 saturated carbocycles. The van der Waals surface area contributed by atoms with Gasteiger partial charge in [-0.3, -0.25) is 4.79 Å². The van der Waals surface area contributed by atoms with E-state index in [0.717, 1.165) is 19.4 Å². The number of ether oxygens (including phenoxy) is 1. The molecule has 4 nitrogen and oxygen atoms in total. The number of carbonyl (C=O) groups is 1. The maximum absolute atomic E-state index is 12.1. The van der Waals surface area contributed by atoms with Crippen molar-refractivity contribution in [1.82, 2.24) is 10.3 Å². The molecule has 0 radical (unpaired) electrons. The topological polar surface area (TPSA) is 51.2 Å².